The summed E-state index contributed by atoms with van der Waals surface area (Å²) in [5.74, 6) is 0.482. The van der Waals surface area contributed by atoms with Gasteiger partial charge in [-0.05, 0) is 54.7 Å². The van der Waals surface area contributed by atoms with E-state index in [9.17, 15) is 14.0 Å². The van der Waals surface area contributed by atoms with E-state index >= 15 is 0 Å². The predicted octanol–water partition coefficient (Wildman–Crippen LogP) is 2.80. The highest BCUT2D eigenvalue weighted by atomic mass is 32.2. The Balaban J connectivity index is 1.80. The van der Waals surface area contributed by atoms with Gasteiger partial charge in [-0.15, -0.1) is 0 Å². The molecule has 150 valence electrons. The SMILES string of the molecule is CSCCC(NC(=O)COc1ccccc1)C(=O)NCCc1ccc(F)cc1. The van der Waals surface area contributed by atoms with Crippen LogP contribution in [0.3, 0.4) is 0 Å². The van der Waals surface area contributed by atoms with Crippen LogP contribution in [0.1, 0.15) is 12.0 Å². The Labute approximate surface area is 169 Å². The number of carbonyl (C=O) groups is 2. The van der Waals surface area contributed by atoms with Crippen molar-refractivity contribution in [3.05, 3.63) is 66.0 Å². The molecule has 28 heavy (non-hydrogen) atoms. The number of ether oxygens (including phenoxy) is 1. The fraction of sp³-hybridized carbons (Fsp3) is 0.333. The Morgan fingerprint density at radius 1 is 1.11 bits per heavy atom. The fourth-order valence-corrected chi connectivity index (χ4v) is 2.98. The second-order valence-electron chi connectivity index (χ2n) is 6.17. The van der Waals surface area contributed by atoms with Crippen molar-refractivity contribution in [2.24, 2.45) is 0 Å². The molecule has 1 unspecified atom stereocenters. The molecule has 2 aromatic carbocycles. The van der Waals surface area contributed by atoms with Crippen LogP contribution in [0.15, 0.2) is 54.6 Å². The quantitative estimate of drug-likeness (QED) is 0.604. The maximum atomic E-state index is 12.9. The Kier molecular flexibility index (Phi) is 9.34. The van der Waals surface area contributed by atoms with Crippen molar-refractivity contribution in [3.8, 4) is 5.75 Å². The molecule has 2 N–H and O–H groups in total. The van der Waals surface area contributed by atoms with E-state index in [1.54, 1.807) is 36.0 Å². The molecule has 0 fully saturated rings. The minimum absolute atomic E-state index is 0.150. The first-order chi connectivity index (χ1) is 13.6. The molecule has 2 rings (SSSR count). The molecule has 0 bridgehead atoms. The molecule has 0 spiro atoms. The van der Waals surface area contributed by atoms with Gasteiger partial charge in [0.25, 0.3) is 5.91 Å². The molecule has 0 radical (unpaired) electrons. The molecule has 0 aromatic heterocycles. The monoisotopic (exact) mass is 404 g/mol. The Bertz CT molecular complexity index is 741. The second-order valence-corrected chi connectivity index (χ2v) is 7.16. The van der Waals surface area contributed by atoms with Gasteiger partial charge >= 0.3 is 0 Å². The first-order valence-electron chi connectivity index (χ1n) is 9.07. The van der Waals surface area contributed by atoms with Gasteiger partial charge in [0.2, 0.25) is 5.91 Å². The van der Waals surface area contributed by atoms with Crippen LogP contribution in [0.25, 0.3) is 0 Å². The molecular formula is C21H25FN2O3S. The van der Waals surface area contributed by atoms with Crippen LogP contribution < -0.4 is 15.4 Å². The fourth-order valence-electron chi connectivity index (χ4n) is 2.51. The van der Waals surface area contributed by atoms with Gasteiger partial charge in [-0.1, -0.05) is 30.3 Å². The van der Waals surface area contributed by atoms with E-state index in [0.29, 0.717) is 25.1 Å². The highest BCUT2D eigenvalue weighted by Gasteiger charge is 2.20. The number of amides is 2. The van der Waals surface area contributed by atoms with Crippen LogP contribution in [0.5, 0.6) is 5.75 Å². The maximum Gasteiger partial charge on any atom is 0.258 e. The summed E-state index contributed by atoms with van der Waals surface area (Å²) in [5.41, 5.74) is 0.933. The molecular weight excluding hydrogens is 379 g/mol. The molecule has 0 saturated heterocycles. The minimum Gasteiger partial charge on any atom is -0.484 e. The van der Waals surface area contributed by atoms with Crippen molar-refractivity contribution < 1.29 is 18.7 Å². The second kappa shape index (κ2) is 12.0. The number of para-hydroxylation sites is 1. The summed E-state index contributed by atoms with van der Waals surface area (Å²) in [7, 11) is 0. The zero-order valence-electron chi connectivity index (χ0n) is 15.8. The van der Waals surface area contributed by atoms with E-state index in [-0.39, 0.29) is 24.2 Å². The number of carbonyl (C=O) groups excluding carboxylic acids is 2. The summed E-state index contributed by atoms with van der Waals surface area (Å²) in [6.45, 7) is 0.263. The largest absolute Gasteiger partial charge is 0.484 e. The van der Waals surface area contributed by atoms with Crippen molar-refractivity contribution in [3.63, 3.8) is 0 Å². The van der Waals surface area contributed by atoms with E-state index in [1.165, 1.54) is 12.1 Å². The van der Waals surface area contributed by atoms with Gasteiger partial charge in [0.05, 0.1) is 0 Å². The summed E-state index contributed by atoms with van der Waals surface area (Å²) in [6.07, 6.45) is 3.07. The van der Waals surface area contributed by atoms with Gasteiger partial charge < -0.3 is 15.4 Å². The summed E-state index contributed by atoms with van der Waals surface area (Å²) in [4.78, 5) is 24.6. The molecule has 1 atom stereocenters. The molecule has 0 aliphatic heterocycles. The Morgan fingerprint density at radius 2 is 1.82 bits per heavy atom. The van der Waals surface area contributed by atoms with Crippen LogP contribution in [0.4, 0.5) is 4.39 Å². The molecule has 0 saturated carbocycles. The normalized spacial score (nSPS) is 11.5. The number of rotatable bonds is 11. The van der Waals surface area contributed by atoms with Crippen molar-refractivity contribution in [1.29, 1.82) is 0 Å². The predicted molar refractivity (Wildman–Crippen MR) is 110 cm³/mol. The van der Waals surface area contributed by atoms with E-state index < -0.39 is 6.04 Å². The standard InChI is InChI=1S/C21H25FN2O3S/c1-28-14-12-19(24-20(25)15-27-18-5-3-2-4-6-18)21(26)23-13-11-16-7-9-17(22)10-8-16/h2-10,19H,11-15H2,1H3,(H,23,26)(H,24,25). The lowest BCUT2D eigenvalue weighted by atomic mass is 10.1. The number of halogens is 1. The molecule has 0 aliphatic rings. The Hall–Kier alpha value is -2.54. The third-order valence-electron chi connectivity index (χ3n) is 4.00. The van der Waals surface area contributed by atoms with E-state index in [2.05, 4.69) is 10.6 Å². The molecule has 0 aliphatic carbocycles. The van der Waals surface area contributed by atoms with E-state index in [0.717, 1.165) is 11.3 Å². The third kappa shape index (κ3) is 8.00. The zero-order valence-corrected chi connectivity index (χ0v) is 16.6. The number of thioether (sulfide) groups is 1. The lowest BCUT2D eigenvalue weighted by Gasteiger charge is -2.18. The van der Waals surface area contributed by atoms with Crippen molar-refractivity contribution in [2.75, 3.05) is 25.2 Å². The van der Waals surface area contributed by atoms with Crippen molar-refractivity contribution in [1.82, 2.24) is 10.6 Å². The third-order valence-corrected chi connectivity index (χ3v) is 4.65. The van der Waals surface area contributed by atoms with Gasteiger partial charge in [0.15, 0.2) is 6.61 Å². The topological polar surface area (TPSA) is 67.4 Å². The van der Waals surface area contributed by atoms with Crippen LogP contribution in [0.2, 0.25) is 0 Å². The maximum absolute atomic E-state index is 12.9. The van der Waals surface area contributed by atoms with Crippen LogP contribution in [-0.2, 0) is 16.0 Å². The van der Waals surface area contributed by atoms with Gasteiger partial charge in [-0.25, -0.2) is 4.39 Å². The number of hydrogen-bond donors (Lipinski definition) is 2. The van der Waals surface area contributed by atoms with Gasteiger partial charge in [0.1, 0.15) is 17.6 Å². The van der Waals surface area contributed by atoms with Gasteiger partial charge in [-0.2, -0.15) is 11.8 Å². The average Bonchev–Trinajstić information content (AvgIpc) is 2.71. The van der Waals surface area contributed by atoms with E-state index in [4.69, 9.17) is 4.74 Å². The molecule has 5 nitrogen and oxygen atoms in total. The lowest BCUT2D eigenvalue weighted by molar-refractivity contribution is -0.130. The van der Waals surface area contributed by atoms with E-state index in [1.807, 2.05) is 24.5 Å². The van der Waals surface area contributed by atoms with Gasteiger partial charge in [-0.3, -0.25) is 9.59 Å². The highest BCUT2D eigenvalue weighted by Crippen LogP contribution is 2.08. The molecule has 2 aromatic rings. The molecule has 2 amide bonds. The summed E-state index contributed by atoms with van der Waals surface area (Å²) >= 11 is 1.61. The minimum atomic E-state index is -0.618. The number of hydrogen-bond acceptors (Lipinski definition) is 4. The van der Waals surface area contributed by atoms with Crippen molar-refractivity contribution >= 4 is 23.6 Å². The Morgan fingerprint density at radius 3 is 2.50 bits per heavy atom. The summed E-state index contributed by atoms with van der Waals surface area (Å²) in [5, 5.41) is 5.58. The first kappa shape index (κ1) is 21.8. The zero-order chi connectivity index (χ0) is 20.2. The highest BCUT2D eigenvalue weighted by molar-refractivity contribution is 7.98. The van der Waals surface area contributed by atoms with Crippen LogP contribution in [0, 0.1) is 5.82 Å². The lowest BCUT2D eigenvalue weighted by Crippen LogP contribution is -2.48. The summed E-state index contributed by atoms with van der Waals surface area (Å²) in [6, 6.07) is 14.6. The number of benzene rings is 2. The first-order valence-corrected chi connectivity index (χ1v) is 10.5. The average molecular weight is 405 g/mol. The van der Waals surface area contributed by atoms with Gasteiger partial charge in [0, 0.05) is 6.54 Å². The van der Waals surface area contributed by atoms with Crippen molar-refractivity contribution in [2.45, 2.75) is 18.9 Å². The smallest absolute Gasteiger partial charge is 0.258 e. The number of nitrogens with one attached hydrogen (secondary N) is 2. The summed E-state index contributed by atoms with van der Waals surface area (Å²) < 4.78 is 18.4. The van der Waals surface area contributed by atoms with Crippen LogP contribution in [-0.4, -0.2) is 43.0 Å². The van der Waals surface area contributed by atoms with Crippen LogP contribution >= 0.6 is 11.8 Å². The molecule has 0 heterocycles. The molecule has 7 heteroatoms.